The normalized spacial score (nSPS) is 18.1. The van der Waals surface area contributed by atoms with Crippen molar-refractivity contribution in [3.63, 3.8) is 0 Å². The van der Waals surface area contributed by atoms with Gasteiger partial charge in [-0.15, -0.1) is 11.3 Å². The van der Waals surface area contributed by atoms with Gasteiger partial charge < -0.3 is 4.90 Å². The van der Waals surface area contributed by atoms with Crippen LogP contribution in [0.2, 0.25) is 0 Å². The number of hydrogen-bond donors (Lipinski definition) is 0. The largest absolute Gasteiger partial charge is 0.371 e. The van der Waals surface area contributed by atoms with E-state index in [1.54, 1.807) is 17.4 Å². The Hall–Kier alpha value is -2.00. The summed E-state index contributed by atoms with van der Waals surface area (Å²) in [7, 11) is -3.69. The molecule has 1 saturated heterocycles. The maximum atomic E-state index is 12.0. The molecule has 7 nitrogen and oxygen atoms in total. The smallest absolute Gasteiger partial charge is 0.288 e. The van der Waals surface area contributed by atoms with Gasteiger partial charge >= 0.3 is 0 Å². The van der Waals surface area contributed by atoms with Crippen molar-refractivity contribution < 1.29 is 13.3 Å². The van der Waals surface area contributed by atoms with Gasteiger partial charge in [0, 0.05) is 42.4 Å². The molecule has 1 unspecified atom stereocenters. The summed E-state index contributed by atoms with van der Waals surface area (Å²) in [5.74, 6) is 0.676. The van der Waals surface area contributed by atoms with Crippen molar-refractivity contribution in [1.29, 1.82) is 0 Å². The van der Waals surface area contributed by atoms with E-state index in [0.717, 1.165) is 42.9 Å². The van der Waals surface area contributed by atoms with E-state index in [4.69, 9.17) is 4.98 Å². The van der Waals surface area contributed by atoms with Gasteiger partial charge in [0.05, 0.1) is 15.6 Å². The average Bonchev–Trinajstić information content (AvgIpc) is 3.11. The summed E-state index contributed by atoms with van der Waals surface area (Å²) in [5, 5.41) is 14.4. The van der Waals surface area contributed by atoms with Crippen LogP contribution < -0.4 is 4.90 Å². The van der Waals surface area contributed by atoms with Gasteiger partial charge in [-0.3, -0.25) is 10.1 Å². The first-order chi connectivity index (χ1) is 12.7. The van der Waals surface area contributed by atoms with Crippen molar-refractivity contribution in [3.05, 3.63) is 44.4 Å². The first-order valence-corrected chi connectivity index (χ1v) is 11.6. The molecule has 0 aliphatic carbocycles. The molecule has 0 amide bonds. The van der Waals surface area contributed by atoms with Crippen molar-refractivity contribution in [1.82, 2.24) is 4.98 Å². The second-order valence-electron chi connectivity index (χ2n) is 7.23. The van der Waals surface area contributed by atoms with Gasteiger partial charge in [0.25, 0.3) is 5.69 Å². The van der Waals surface area contributed by atoms with Crippen molar-refractivity contribution in [3.8, 4) is 0 Å². The molecular formula is C18H23N3O4S2. The SMILES string of the molecule is CC(C)c1csc(C2CCCN(c3ccc([N+](=O)[O-])c(S(C)(=O)=O)c3)C2)n1. The third-order valence-corrected chi connectivity index (χ3v) is 6.96. The molecule has 1 aliphatic heterocycles. The minimum Gasteiger partial charge on any atom is -0.371 e. The van der Waals surface area contributed by atoms with Crippen LogP contribution in [0, 0.1) is 10.1 Å². The van der Waals surface area contributed by atoms with Crippen LogP contribution in [0.5, 0.6) is 0 Å². The van der Waals surface area contributed by atoms with Gasteiger partial charge in [0.2, 0.25) is 0 Å². The Morgan fingerprint density at radius 1 is 1.37 bits per heavy atom. The van der Waals surface area contributed by atoms with Crippen LogP contribution >= 0.6 is 11.3 Å². The fourth-order valence-corrected chi connectivity index (χ4v) is 5.28. The molecular weight excluding hydrogens is 386 g/mol. The van der Waals surface area contributed by atoms with E-state index in [-0.39, 0.29) is 16.5 Å². The maximum absolute atomic E-state index is 12.0. The van der Waals surface area contributed by atoms with Gasteiger partial charge in [0.15, 0.2) is 9.84 Å². The van der Waals surface area contributed by atoms with Crippen LogP contribution in [0.4, 0.5) is 11.4 Å². The van der Waals surface area contributed by atoms with Gasteiger partial charge in [0.1, 0.15) is 4.90 Å². The zero-order valence-electron chi connectivity index (χ0n) is 15.6. The van der Waals surface area contributed by atoms with E-state index in [0.29, 0.717) is 11.6 Å². The Labute approximate surface area is 163 Å². The van der Waals surface area contributed by atoms with E-state index < -0.39 is 14.8 Å². The number of hydrogen-bond acceptors (Lipinski definition) is 7. The third-order valence-electron chi connectivity index (χ3n) is 4.81. The van der Waals surface area contributed by atoms with E-state index >= 15 is 0 Å². The predicted molar refractivity (Wildman–Crippen MR) is 107 cm³/mol. The third kappa shape index (κ3) is 4.30. The molecule has 27 heavy (non-hydrogen) atoms. The fourth-order valence-electron chi connectivity index (χ4n) is 3.31. The molecule has 2 aromatic rings. The van der Waals surface area contributed by atoms with Gasteiger partial charge in [-0.2, -0.15) is 0 Å². The first kappa shape index (κ1) is 19.8. The number of benzene rings is 1. The van der Waals surface area contributed by atoms with Gasteiger partial charge in [-0.05, 0) is 30.9 Å². The van der Waals surface area contributed by atoms with Crippen LogP contribution in [0.25, 0.3) is 0 Å². The van der Waals surface area contributed by atoms with Crippen LogP contribution in [0.15, 0.2) is 28.5 Å². The van der Waals surface area contributed by atoms with Crippen molar-refractivity contribution in [2.75, 3.05) is 24.2 Å². The fraction of sp³-hybridized carbons (Fsp3) is 0.500. The summed E-state index contributed by atoms with van der Waals surface area (Å²) in [5.41, 5.74) is 1.42. The standard InChI is InChI=1S/C18H23N3O4S2/c1-12(2)15-11-26-18(19-15)13-5-4-8-20(10-13)14-6-7-16(21(22)23)17(9-14)27(3,24)25/h6-7,9,11-13H,4-5,8,10H2,1-3H3. The number of aromatic nitrogens is 1. The molecule has 0 radical (unpaired) electrons. The van der Waals surface area contributed by atoms with Crippen LogP contribution in [0.1, 0.15) is 49.2 Å². The molecule has 3 rings (SSSR count). The monoisotopic (exact) mass is 409 g/mol. The molecule has 146 valence electrons. The van der Waals surface area contributed by atoms with E-state index in [1.807, 2.05) is 0 Å². The zero-order chi connectivity index (χ0) is 19.8. The summed E-state index contributed by atoms with van der Waals surface area (Å²) in [6.45, 7) is 5.76. The summed E-state index contributed by atoms with van der Waals surface area (Å²) >= 11 is 1.67. The molecule has 0 saturated carbocycles. The molecule has 1 atom stereocenters. The molecule has 0 N–H and O–H groups in total. The first-order valence-electron chi connectivity index (χ1n) is 8.85. The summed E-state index contributed by atoms with van der Waals surface area (Å²) in [6.07, 6.45) is 3.00. The van der Waals surface area contributed by atoms with Crippen LogP contribution in [-0.2, 0) is 9.84 Å². The number of thiazole rings is 1. The predicted octanol–water partition coefficient (Wildman–Crippen LogP) is 3.96. The highest BCUT2D eigenvalue weighted by Gasteiger charge is 2.27. The molecule has 0 bridgehead atoms. The highest BCUT2D eigenvalue weighted by atomic mass is 32.2. The molecule has 9 heteroatoms. The number of nitro benzene ring substituents is 1. The Morgan fingerprint density at radius 3 is 2.70 bits per heavy atom. The quantitative estimate of drug-likeness (QED) is 0.548. The molecule has 0 spiro atoms. The lowest BCUT2D eigenvalue weighted by Gasteiger charge is -2.33. The van der Waals surface area contributed by atoms with Crippen LogP contribution in [0.3, 0.4) is 0 Å². The Morgan fingerprint density at radius 2 is 2.11 bits per heavy atom. The second-order valence-corrected chi connectivity index (χ2v) is 10.1. The molecule has 1 aromatic carbocycles. The summed E-state index contributed by atoms with van der Waals surface area (Å²) < 4.78 is 24.0. The van der Waals surface area contributed by atoms with E-state index in [9.17, 15) is 18.5 Å². The Bertz CT molecular complexity index is 953. The van der Waals surface area contributed by atoms with Crippen molar-refractivity contribution in [2.24, 2.45) is 0 Å². The number of piperidine rings is 1. The lowest BCUT2D eigenvalue weighted by molar-refractivity contribution is -0.387. The Kier molecular flexibility index (Phi) is 5.53. The number of rotatable bonds is 5. The van der Waals surface area contributed by atoms with E-state index in [2.05, 4.69) is 24.1 Å². The van der Waals surface area contributed by atoms with Gasteiger partial charge in [-0.25, -0.2) is 13.4 Å². The van der Waals surface area contributed by atoms with Gasteiger partial charge in [-0.1, -0.05) is 13.8 Å². The molecule has 1 aliphatic rings. The van der Waals surface area contributed by atoms with E-state index in [1.165, 1.54) is 12.1 Å². The second kappa shape index (κ2) is 7.55. The highest BCUT2D eigenvalue weighted by Crippen LogP contribution is 2.35. The number of anilines is 1. The highest BCUT2D eigenvalue weighted by molar-refractivity contribution is 7.90. The maximum Gasteiger partial charge on any atom is 0.288 e. The zero-order valence-corrected chi connectivity index (χ0v) is 17.2. The summed E-state index contributed by atoms with van der Waals surface area (Å²) in [6, 6.07) is 4.35. The number of sulfone groups is 1. The summed E-state index contributed by atoms with van der Waals surface area (Å²) in [4.78, 5) is 17.1. The molecule has 1 fully saturated rings. The number of nitro groups is 1. The minimum atomic E-state index is -3.69. The van der Waals surface area contributed by atoms with Crippen molar-refractivity contribution >= 4 is 32.5 Å². The van der Waals surface area contributed by atoms with Crippen LogP contribution in [-0.4, -0.2) is 37.7 Å². The lowest BCUT2D eigenvalue weighted by atomic mass is 9.98. The average molecular weight is 410 g/mol. The Balaban J connectivity index is 1.88. The lowest BCUT2D eigenvalue weighted by Crippen LogP contribution is -2.34. The topological polar surface area (TPSA) is 93.4 Å². The van der Waals surface area contributed by atoms with Crippen molar-refractivity contribution in [2.45, 2.75) is 43.4 Å². The molecule has 2 heterocycles. The number of nitrogens with zero attached hydrogens (tertiary/aromatic N) is 3. The molecule has 1 aromatic heterocycles. The minimum absolute atomic E-state index is 0.233.